The molecule has 0 saturated carbocycles. The van der Waals surface area contributed by atoms with Gasteiger partial charge in [-0.25, -0.2) is 4.39 Å². The first-order valence-electron chi connectivity index (χ1n) is 12.7. The molecule has 7 nitrogen and oxygen atoms in total. The summed E-state index contributed by atoms with van der Waals surface area (Å²) in [5.41, 5.74) is 3.98. The van der Waals surface area contributed by atoms with Gasteiger partial charge in [-0.05, 0) is 43.2 Å². The summed E-state index contributed by atoms with van der Waals surface area (Å²) < 4.78 is 31.7. The topological polar surface area (TPSA) is 67.4 Å². The van der Waals surface area contributed by atoms with Crippen LogP contribution < -0.4 is 15.9 Å². The van der Waals surface area contributed by atoms with Gasteiger partial charge >= 0.3 is 0 Å². The van der Waals surface area contributed by atoms with Crippen LogP contribution >= 0.6 is 30.3 Å². The van der Waals surface area contributed by atoms with Crippen LogP contribution in [0, 0.1) is 19.7 Å². The van der Waals surface area contributed by atoms with Gasteiger partial charge in [-0.2, -0.15) is 0 Å². The molecule has 1 fully saturated rings. The van der Waals surface area contributed by atoms with E-state index in [9.17, 15) is 14.0 Å². The summed E-state index contributed by atoms with van der Waals surface area (Å²) in [6.45, 7) is 4.85. The highest BCUT2D eigenvalue weighted by molar-refractivity contribution is 14.2. The van der Waals surface area contributed by atoms with Crippen molar-refractivity contribution >= 4 is 41.2 Å². The average molecular weight is 670 g/mol. The predicted molar refractivity (Wildman–Crippen MR) is 165 cm³/mol. The molecule has 4 heterocycles. The number of para-hydroxylation sites is 1. The third-order valence-corrected chi connectivity index (χ3v) is 8.98. The van der Waals surface area contributed by atoms with Gasteiger partial charge in [0.1, 0.15) is 17.1 Å². The molecule has 0 N–H and O–H groups in total. The predicted octanol–water partition coefficient (Wildman–Crippen LogP) is 6.80. The number of fused-ring (bicyclic) bond motifs is 1. The lowest BCUT2D eigenvalue weighted by Crippen LogP contribution is -2.37. The molecule has 2 aromatic carbocycles. The Morgan fingerprint density at radius 2 is 1.70 bits per heavy atom. The number of rotatable bonds is 6. The van der Waals surface area contributed by atoms with E-state index < -0.39 is 0 Å². The SMILES string of the molecule is Cc1cccc(C)c1Oc1cn(C2COC2)c(=O)cc1-c1cn(C)c(=O)c2c1cc(-c1ccccc1F)n2SI. The summed E-state index contributed by atoms with van der Waals surface area (Å²) in [4.78, 5) is 26.9. The zero-order valence-electron chi connectivity index (χ0n) is 22.0. The highest BCUT2D eigenvalue weighted by Gasteiger charge is 2.26. The molecule has 0 bridgehead atoms. The van der Waals surface area contributed by atoms with E-state index in [0.717, 1.165) is 11.1 Å². The summed E-state index contributed by atoms with van der Waals surface area (Å²) in [6, 6.07) is 15.7. The van der Waals surface area contributed by atoms with E-state index in [-0.39, 0.29) is 23.0 Å². The molecule has 0 amide bonds. The van der Waals surface area contributed by atoms with Gasteiger partial charge in [0, 0.05) is 71.7 Å². The highest BCUT2D eigenvalue weighted by atomic mass is 127. The second kappa shape index (κ2) is 10.6. The maximum Gasteiger partial charge on any atom is 0.275 e. The average Bonchev–Trinajstić information content (AvgIpc) is 3.29. The zero-order valence-corrected chi connectivity index (χ0v) is 25.0. The van der Waals surface area contributed by atoms with Gasteiger partial charge in [0.15, 0.2) is 5.75 Å². The highest BCUT2D eigenvalue weighted by Crippen LogP contribution is 2.42. The minimum Gasteiger partial charge on any atom is -0.455 e. The first kappa shape index (κ1) is 26.9. The van der Waals surface area contributed by atoms with Crippen molar-refractivity contribution in [2.45, 2.75) is 19.9 Å². The van der Waals surface area contributed by atoms with Gasteiger partial charge in [-0.1, -0.05) is 30.3 Å². The fourth-order valence-corrected chi connectivity index (χ4v) is 6.79. The lowest BCUT2D eigenvalue weighted by molar-refractivity contribution is -0.0249. The first-order valence-corrected chi connectivity index (χ1v) is 16.0. The molecule has 0 radical (unpaired) electrons. The Bertz CT molecular complexity index is 1890. The standard InChI is InChI=1S/C30H25FIN3O4S/c1-17-7-6-8-18(2)29(17)39-26-14-34(19-15-38-16-19)27(36)12-21(26)23-13-33(3)30(37)28-22(23)11-25(35(28)40-32)20-9-4-5-10-24(20)31/h4-14,19H,15-16H2,1-3H3. The second-order valence-electron chi connectivity index (χ2n) is 9.91. The summed E-state index contributed by atoms with van der Waals surface area (Å²) in [6.07, 6.45) is 3.44. The molecule has 0 spiro atoms. The van der Waals surface area contributed by atoms with Crippen LogP contribution in [0.1, 0.15) is 17.2 Å². The van der Waals surface area contributed by atoms with Crippen LogP contribution in [0.15, 0.2) is 76.6 Å². The Labute approximate surface area is 245 Å². The fourth-order valence-electron chi connectivity index (χ4n) is 5.09. The second-order valence-corrected chi connectivity index (χ2v) is 11.6. The number of benzene rings is 2. The molecular formula is C30H25FIN3O4S. The maximum atomic E-state index is 14.9. The molecule has 1 aliphatic heterocycles. The van der Waals surface area contributed by atoms with Gasteiger partial charge in [0.05, 0.1) is 31.1 Å². The third-order valence-electron chi connectivity index (χ3n) is 7.28. The molecule has 0 atom stereocenters. The van der Waals surface area contributed by atoms with Crippen LogP contribution in [-0.4, -0.2) is 26.3 Å². The number of ether oxygens (including phenoxy) is 2. The van der Waals surface area contributed by atoms with Gasteiger partial charge in [0.2, 0.25) is 0 Å². The van der Waals surface area contributed by atoms with Crippen molar-refractivity contribution in [1.82, 2.24) is 13.1 Å². The molecule has 6 rings (SSSR count). The number of hydrogen-bond acceptors (Lipinski definition) is 5. The maximum absolute atomic E-state index is 14.9. The van der Waals surface area contributed by atoms with Crippen molar-refractivity contribution in [1.29, 1.82) is 0 Å². The Balaban J connectivity index is 1.66. The van der Waals surface area contributed by atoms with Gasteiger partial charge in [-0.3, -0.25) is 13.6 Å². The number of pyridine rings is 2. The van der Waals surface area contributed by atoms with E-state index >= 15 is 0 Å². The van der Waals surface area contributed by atoms with E-state index in [2.05, 4.69) is 21.2 Å². The van der Waals surface area contributed by atoms with Crippen molar-refractivity contribution in [2.24, 2.45) is 7.05 Å². The molecule has 1 saturated heterocycles. The quantitative estimate of drug-likeness (QED) is 0.186. The molecule has 1 aliphatic rings. The summed E-state index contributed by atoms with van der Waals surface area (Å²) >= 11 is 2.09. The van der Waals surface area contributed by atoms with Crippen LogP contribution in [0.5, 0.6) is 11.5 Å². The molecule has 0 aliphatic carbocycles. The van der Waals surface area contributed by atoms with Gasteiger partial charge in [0.25, 0.3) is 11.1 Å². The number of halogens is 2. The number of hydrogen-bond donors (Lipinski definition) is 0. The van der Waals surface area contributed by atoms with E-state index in [1.54, 1.807) is 52.2 Å². The van der Waals surface area contributed by atoms with Crippen LogP contribution in [0.25, 0.3) is 33.3 Å². The number of aromatic nitrogens is 3. The molecule has 40 heavy (non-hydrogen) atoms. The van der Waals surface area contributed by atoms with Crippen molar-refractivity contribution in [3.63, 3.8) is 0 Å². The molecule has 204 valence electrons. The Kier molecular flexibility index (Phi) is 7.09. The minimum atomic E-state index is -0.389. The molecule has 5 aromatic rings. The first-order chi connectivity index (χ1) is 19.3. The van der Waals surface area contributed by atoms with Crippen molar-refractivity contribution in [3.8, 4) is 33.9 Å². The van der Waals surface area contributed by atoms with Crippen LogP contribution in [0.4, 0.5) is 4.39 Å². The van der Waals surface area contributed by atoms with E-state index in [4.69, 9.17) is 9.47 Å². The van der Waals surface area contributed by atoms with E-state index in [0.29, 0.717) is 58.0 Å². The monoisotopic (exact) mass is 669 g/mol. The van der Waals surface area contributed by atoms with Crippen LogP contribution in [0.2, 0.25) is 0 Å². The summed E-state index contributed by atoms with van der Waals surface area (Å²) in [5, 5.41) is 0.598. The van der Waals surface area contributed by atoms with Gasteiger partial charge < -0.3 is 18.6 Å². The third kappa shape index (κ3) is 4.47. The largest absolute Gasteiger partial charge is 0.455 e. The van der Waals surface area contributed by atoms with Crippen LogP contribution in [-0.2, 0) is 11.8 Å². The lowest BCUT2D eigenvalue weighted by Gasteiger charge is -2.29. The van der Waals surface area contributed by atoms with Crippen molar-refractivity contribution < 1.29 is 13.9 Å². The lowest BCUT2D eigenvalue weighted by atomic mass is 10.0. The summed E-state index contributed by atoms with van der Waals surface area (Å²) in [5.74, 6) is 0.790. The molecular weight excluding hydrogens is 644 g/mol. The Hall–Kier alpha value is -3.35. The smallest absolute Gasteiger partial charge is 0.275 e. The normalized spacial score (nSPS) is 13.5. The molecule has 3 aromatic heterocycles. The molecule has 0 unspecified atom stereocenters. The Morgan fingerprint density at radius 3 is 2.35 bits per heavy atom. The molecule has 10 heteroatoms. The Morgan fingerprint density at radius 1 is 0.975 bits per heavy atom. The zero-order chi connectivity index (χ0) is 28.1. The van der Waals surface area contributed by atoms with E-state index in [1.165, 1.54) is 19.8 Å². The number of aryl methyl sites for hydroxylation is 3. The van der Waals surface area contributed by atoms with Crippen molar-refractivity contribution in [3.05, 3.63) is 105 Å². The number of nitrogens with zero attached hydrogens (tertiary/aromatic N) is 3. The minimum absolute atomic E-state index is 0.0776. The van der Waals surface area contributed by atoms with Crippen molar-refractivity contribution in [2.75, 3.05) is 13.2 Å². The van der Waals surface area contributed by atoms with Gasteiger partial charge in [-0.15, -0.1) is 0 Å². The van der Waals surface area contributed by atoms with Crippen LogP contribution in [0.3, 0.4) is 0 Å². The summed E-state index contributed by atoms with van der Waals surface area (Å²) in [7, 11) is 2.96. The van der Waals surface area contributed by atoms with E-state index in [1.807, 2.05) is 38.1 Å². The fraction of sp³-hybridized carbons (Fsp3) is 0.200.